The van der Waals surface area contributed by atoms with Crippen molar-refractivity contribution in [1.82, 2.24) is 14.5 Å². The Kier molecular flexibility index (Phi) is 4.83. The van der Waals surface area contributed by atoms with Gasteiger partial charge in [0.25, 0.3) is 5.56 Å². The first-order chi connectivity index (χ1) is 9.67. The van der Waals surface area contributed by atoms with E-state index < -0.39 is 0 Å². The van der Waals surface area contributed by atoms with E-state index in [1.807, 2.05) is 0 Å². The lowest BCUT2D eigenvalue weighted by atomic mass is 10.4. The molecule has 0 spiro atoms. The van der Waals surface area contributed by atoms with Crippen LogP contribution in [-0.2, 0) is 11.3 Å². The number of amides is 1. The zero-order valence-corrected chi connectivity index (χ0v) is 11.5. The molecule has 2 heterocycles. The standard InChI is InChI=1S/C12H15N3O4S/c16-4-2-14(3-5-17)10(18)7-15-8-13-11-9(12(15)19)1-6-20-11/h1,6,8,16-17H,2-5,7H2. The van der Waals surface area contributed by atoms with E-state index in [1.54, 1.807) is 11.4 Å². The summed E-state index contributed by atoms with van der Waals surface area (Å²) in [5.41, 5.74) is -0.266. The van der Waals surface area contributed by atoms with Crippen LogP contribution in [0.1, 0.15) is 0 Å². The number of carbonyl (C=O) groups is 1. The van der Waals surface area contributed by atoms with Gasteiger partial charge in [-0.15, -0.1) is 11.3 Å². The first kappa shape index (κ1) is 14.6. The highest BCUT2D eigenvalue weighted by molar-refractivity contribution is 7.16. The predicted octanol–water partition coefficient (Wildman–Crippen LogP) is -0.729. The van der Waals surface area contributed by atoms with Gasteiger partial charge >= 0.3 is 0 Å². The summed E-state index contributed by atoms with van der Waals surface area (Å²) in [6, 6.07) is 1.68. The monoisotopic (exact) mass is 297 g/mol. The number of fused-ring (bicyclic) bond motifs is 1. The minimum absolute atomic E-state index is 0.127. The maximum atomic E-state index is 12.1. The Morgan fingerprint density at radius 3 is 2.70 bits per heavy atom. The van der Waals surface area contributed by atoms with Gasteiger partial charge in [-0.1, -0.05) is 0 Å². The molecule has 2 aromatic heterocycles. The molecule has 0 saturated heterocycles. The van der Waals surface area contributed by atoms with E-state index in [4.69, 9.17) is 10.2 Å². The summed E-state index contributed by atoms with van der Waals surface area (Å²) in [7, 11) is 0. The summed E-state index contributed by atoms with van der Waals surface area (Å²) in [5, 5.41) is 20.0. The zero-order valence-electron chi connectivity index (χ0n) is 10.7. The third kappa shape index (κ3) is 3.03. The van der Waals surface area contributed by atoms with Crippen molar-refractivity contribution in [1.29, 1.82) is 0 Å². The average molecular weight is 297 g/mol. The highest BCUT2D eigenvalue weighted by Gasteiger charge is 2.14. The molecule has 7 nitrogen and oxygen atoms in total. The van der Waals surface area contributed by atoms with Gasteiger partial charge in [0.05, 0.1) is 24.9 Å². The highest BCUT2D eigenvalue weighted by atomic mass is 32.1. The van der Waals surface area contributed by atoms with Crippen LogP contribution in [0.15, 0.2) is 22.6 Å². The second-order valence-electron chi connectivity index (χ2n) is 4.15. The van der Waals surface area contributed by atoms with Crippen molar-refractivity contribution < 1.29 is 15.0 Å². The van der Waals surface area contributed by atoms with Gasteiger partial charge in [0.15, 0.2) is 0 Å². The summed E-state index contributed by atoms with van der Waals surface area (Å²) in [5.74, 6) is -0.341. The summed E-state index contributed by atoms with van der Waals surface area (Å²) < 4.78 is 1.24. The van der Waals surface area contributed by atoms with E-state index in [2.05, 4.69) is 4.98 Å². The Balaban J connectivity index is 2.20. The van der Waals surface area contributed by atoms with Crippen LogP contribution in [0.5, 0.6) is 0 Å². The fourth-order valence-corrected chi connectivity index (χ4v) is 2.58. The SMILES string of the molecule is O=C(Cn1cnc2sccc2c1=O)N(CCO)CCO. The van der Waals surface area contributed by atoms with Crippen LogP contribution in [0.2, 0.25) is 0 Å². The molecule has 0 atom stereocenters. The number of nitrogens with zero attached hydrogens (tertiary/aromatic N) is 3. The van der Waals surface area contributed by atoms with E-state index in [0.29, 0.717) is 10.2 Å². The number of rotatable bonds is 6. The van der Waals surface area contributed by atoms with Crippen LogP contribution < -0.4 is 5.56 Å². The molecule has 0 aromatic carbocycles. The third-order valence-electron chi connectivity index (χ3n) is 2.85. The number of thiophene rings is 1. The molecule has 0 unspecified atom stereocenters. The van der Waals surface area contributed by atoms with Gasteiger partial charge in [-0.3, -0.25) is 14.2 Å². The second kappa shape index (κ2) is 6.60. The highest BCUT2D eigenvalue weighted by Crippen LogP contribution is 2.13. The molecule has 20 heavy (non-hydrogen) atoms. The maximum absolute atomic E-state index is 12.1. The summed E-state index contributed by atoms with van der Waals surface area (Å²) in [6.45, 7) is -0.285. The first-order valence-electron chi connectivity index (χ1n) is 6.09. The van der Waals surface area contributed by atoms with Crippen LogP contribution in [0.25, 0.3) is 10.2 Å². The van der Waals surface area contributed by atoms with Crippen LogP contribution in [0, 0.1) is 0 Å². The largest absolute Gasteiger partial charge is 0.395 e. The van der Waals surface area contributed by atoms with Gasteiger partial charge in [-0.2, -0.15) is 0 Å². The van der Waals surface area contributed by atoms with Gasteiger partial charge in [0, 0.05) is 13.1 Å². The smallest absolute Gasteiger partial charge is 0.262 e. The molecular formula is C12H15N3O4S. The van der Waals surface area contributed by atoms with E-state index >= 15 is 0 Å². The van der Waals surface area contributed by atoms with Gasteiger partial charge in [-0.05, 0) is 11.4 Å². The molecule has 0 saturated carbocycles. The second-order valence-corrected chi connectivity index (χ2v) is 5.04. The molecule has 2 N–H and O–H groups in total. The topological polar surface area (TPSA) is 95.7 Å². The zero-order chi connectivity index (χ0) is 14.5. The van der Waals surface area contributed by atoms with Crippen molar-refractivity contribution in [3.05, 3.63) is 28.1 Å². The van der Waals surface area contributed by atoms with Crippen LogP contribution in [0.3, 0.4) is 0 Å². The fraction of sp³-hybridized carbons (Fsp3) is 0.417. The van der Waals surface area contributed by atoms with Gasteiger partial charge < -0.3 is 15.1 Å². The molecule has 0 aliphatic carbocycles. The quantitative estimate of drug-likeness (QED) is 0.733. The fourth-order valence-electron chi connectivity index (χ4n) is 1.85. The molecule has 108 valence electrons. The number of aliphatic hydroxyl groups is 2. The number of hydrogen-bond acceptors (Lipinski definition) is 6. The van der Waals surface area contributed by atoms with Crippen molar-refractivity contribution in [2.45, 2.75) is 6.54 Å². The van der Waals surface area contributed by atoms with Crippen molar-refractivity contribution in [3.63, 3.8) is 0 Å². The Morgan fingerprint density at radius 2 is 2.05 bits per heavy atom. The molecular weight excluding hydrogens is 282 g/mol. The number of aromatic nitrogens is 2. The Bertz CT molecular complexity index is 645. The molecule has 2 aromatic rings. The van der Waals surface area contributed by atoms with Crippen LogP contribution >= 0.6 is 11.3 Å². The Hall–Kier alpha value is -1.77. The van der Waals surface area contributed by atoms with E-state index in [-0.39, 0.29) is 44.3 Å². The van der Waals surface area contributed by atoms with Crippen molar-refractivity contribution >= 4 is 27.5 Å². The summed E-state index contributed by atoms with van der Waals surface area (Å²) in [4.78, 5) is 30.2. The van der Waals surface area contributed by atoms with E-state index in [9.17, 15) is 9.59 Å². The lowest BCUT2D eigenvalue weighted by Crippen LogP contribution is -2.39. The lowest BCUT2D eigenvalue weighted by Gasteiger charge is -2.20. The Labute approximate surface area is 118 Å². The lowest BCUT2D eigenvalue weighted by molar-refractivity contribution is -0.132. The van der Waals surface area contributed by atoms with E-state index in [1.165, 1.54) is 27.1 Å². The van der Waals surface area contributed by atoms with Crippen LogP contribution in [-0.4, -0.2) is 56.9 Å². The molecule has 0 aliphatic rings. The Morgan fingerprint density at radius 1 is 1.35 bits per heavy atom. The minimum atomic E-state index is -0.341. The number of hydrogen-bond donors (Lipinski definition) is 2. The van der Waals surface area contributed by atoms with Crippen molar-refractivity contribution in [3.8, 4) is 0 Å². The number of aliphatic hydroxyl groups excluding tert-OH is 2. The summed E-state index contributed by atoms with van der Waals surface area (Å²) in [6.07, 6.45) is 1.34. The molecule has 0 bridgehead atoms. The van der Waals surface area contributed by atoms with Gasteiger partial charge in [0.2, 0.25) is 5.91 Å². The number of carbonyl (C=O) groups excluding carboxylic acids is 1. The average Bonchev–Trinajstić information content (AvgIpc) is 2.91. The molecule has 8 heteroatoms. The molecule has 0 aliphatic heterocycles. The maximum Gasteiger partial charge on any atom is 0.262 e. The molecule has 1 amide bonds. The third-order valence-corrected chi connectivity index (χ3v) is 3.67. The van der Waals surface area contributed by atoms with Crippen LogP contribution in [0.4, 0.5) is 0 Å². The molecule has 0 radical (unpaired) electrons. The molecule has 2 rings (SSSR count). The summed E-state index contributed by atoms with van der Waals surface area (Å²) >= 11 is 1.37. The normalized spacial score (nSPS) is 10.9. The molecule has 0 fully saturated rings. The van der Waals surface area contributed by atoms with E-state index in [0.717, 1.165) is 0 Å². The van der Waals surface area contributed by atoms with Crippen molar-refractivity contribution in [2.75, 3.05) is 26.3 Å². The minimum Gasteiger partial charge on any atom is -0.395 e. The predicted molar refractivity (Wildman–Crippen MR) is 74.6 cm³/mol. The van der Waals surface area contributed by atoms with Gasteiger partial charge in [0.1, 0.15) is 11.4 Å². The first-order valence-corrected chi connectivity index (χ1v) is 6.97. The van der Waals surface area contributed by atoms with Crippen molar-refractivity contribution in [2.24, 2.45) is 0 Å². The van der Waals surface area contributed by atoms with Gasteiger partial charge in [-0.25, -0.2) is 4.98 Å².